The Bertz CT molecular complexity index is 1750. The van der Waals surface area contributed by atoms with Crippen LogP contribution < -0.4 is 0 Å². The van der Waals surface area contributed by atoms with Crippen LogP contribution >= 0.6 is 11.6 Å². The Hall–Kier alpha value is -3.91. The second-order valence-electron chi connectivity index (χ2n) is 10.7. The summed E-state index contributed by atoms with van der Waals surface area (Å²) in [6.45, 7) is 3.04. The minimum Gasteiger partial charge on any atom is -0.354 e. The first-order valence-electron chi connectivity index (χ1n) is 12.6. The van der Waals surface area contributed by atoms with Gasteiger partial charge in [-0.15, -0.1) is 0 Å². The highest BCUT2D eigenvalue weighted by molar-refractivity contribution is 6.31. The first-order valence-corrected chi connectivity index (χ1v) is 13.0. The number of amides is 2. The molecule has 37 heavy (non-hydrogen) atoms. The van der Waals surface area contributed by atoms with Crippen LogP contribution in [0.25, 0.3) is 32.8 Å². The average Bonchev–Trinajstić information content (AvgIpc) is 3.68. The Balaban J connectivity index is 0.00000138. The van der Waals surface area contributed by atoms with E-state index in [1.807, 2.05) is 58.3 Å². The van der Waals surface area contributed by atoms with Crippen LogP contribution in [0.4, 0.5) is 0 Å². The molecule has 0 bridgehead atoms. The van der Waals surface area contributed by atoms with Crippen molar-refractivity contribution in [2.75, 3.05) is 26.2 Å². The molecule has 4 atom stereocenters. The van der Waals surface area contributed by atoms with Crippen molar-refractivity contribution >= 4 is 56.3 Å². The number of fused-ring (bicyclic) bond motifs is 8. The van der Waals surface area contributed by atoms with Crippen molar-refractivity contribution in [1.82, 2.24) is 30.2 Å². The third-order valence-electron chi connectivity index (χ3n) is 8.87. The first-order chi connectivity index (χ1) is 18.0. The predicted molar refractivity (Wildman–Crippen MR) is 145 cm³/mol. The third-order valence-corrected chi connectivity index (χ3v) is 9.11. The van der Waals surface area contributed by atoms with Gasteiger partial charge >= 0.3 is 0 Å². The third kappa shape index (κ3) is 3.08. The molecular formula is C28H27ClN6O2. The zero-order chi connectivity index (χ0) is 24.8. The summed E-state index contributed by atoms with van der Waals surface area (Å²) in [5.41, 5.74) is 4.77. The molecule has 2 aliphatic heterocycles. The van der Waals surface area contributed by atoms with Gasteiger partial charge in [-0.1, -0.05) is 17.7 Å². The maximum atomic E-state index is 13.5. The normalized spacial score (nSPS) is 24.6. The van der Waals surface area contributed by atoms with E-state index in [-0.39, 0.29) is 14.7 Å². The number of H-pyrrole nitrogens is 2. The Morgan fingerprint density at radius 1 is 0.730 bits per heavy atom. The molecule has 2 aromatic heterocycles. The summed E-state index contributed by atoms with van der Waals surface area (Å²) in [6.07, 6.45) is 0. The molecule has 188 valence electrons. The average molecular weight is 515 g/mol. The van der Waals surface area contributed by atoms with Gasteiger partial charge in [0.15, 0.2) is 0 Å². The van der Waals surface area contributed by atoms with Crippen LogP contribution in [-0.2, 0) is 0 Å². The van der Waals surface area contributed by atoms with E-state index in [4.69, 9.17) is 11.6 Å². The van der Waals surface area contributed by atoms with Gasteiger partial charge in [0, 0.05) is 67.0 Å². The second-order valence-corrected chi connectivity index (χ2v) is 11.1. The zero-order valence-electron chi connectivity index (χ0n) is 19.8. The minimum atomic E-state index is 0. The van der Waals surface area contributed by atoms with E-state index in [9.17, 15) is 9.59 Å². The van der Waals surface area contributed by atoms with Gasteiger partial charge in [0.2, 0.25) is 0 Å². The number of carbonyl (C=O) groups is 2. The molecular weight excluding hydrogens is 488 g/mol. The summed E-state index contributed by atoms with van der Waals surface area (Å²) < 4.78 is 0. The van der Waals surface area contributed by atoms with E-state index in [1.165, 1.54) is 0 Å². The molecule has 2 saturated heterocycles. The van der Waals surface area contributed by atoms with E-state index in [0.717, 1.165) is 53.5 Å². The molecule has 5 aromatic rings. The lowest BCUT2D eigenvalue weighted by molar-refractivity contribution is 0.0629. The van der Waals surface area contributed by atoms with Crippen molar-refractivity contribution in [3.05, 3.63) is 70.7 Å². The highest BCUT2D eigenvalue weighted by Crippen LogP contribution is 2.54. The predicted octanol–water partition coefficient (Wildman–Crippen LogP) is 4.83. The van der Waals surface area contributed by atoms with Gasteiger partial charge < -0.3 is 14.8 Å². The highest BCUT2D eigenvalue weighted by atomic mass is 35.5. The quantitative estimate of drug-likeness (QED) is 0.352. The van der Waals surface area contributed by atoms with Crippen LogP contribution in [-0.4, -0.2) is 68.2 Å². The zero-order valence-corrected chi connectivity index (χ0v) is 20.6. The number of benzene rings is 3. The lowest BCUT2D eigenvalue weighted by Crippen LogP contribution is -2.44. The van der Waals surface area contributed by atoms with Gasteiger partial charge in [-0.25, -0.2) is 0 Å². The van der Waals surface area contributed by atoms with Crippen LogP contribution in [0.1, 0.15) is 23.6 Å². The number of likely N-dealkylation sites (tertiary alicyclic amines) is 2. The van der Waals surface area contributed by atoms with Crippen LogP contribution in [0.2, 0.25) is 5.02 Å². The number of nitrogens with one attached hydrogen (secondary N) is 2. The van der Waals surface area contributed by atoms with Crippen molar-refractivity contribution in [2.24, 2.45) is 23.7 Å². The number of nitrogens with zero attached hydrogens (tertiary/aromatic N) is 4. The lowest BCUT2D eigenvalue weighted by atomic mass is 9.60. The second kappa shape index (κ2) is 7.55. The number of hydrogen-bond acceptors (Lipinski definition) is 4. The molecule has 9 heteroatoms. The van der Waals surface area contributed by atoms with Crippen molar-refractivity contribution < 1.29 is 12.4 Å². The SMILES string of the molecule is O=C(c1ccc2c(c1)[nH]c1ccc(Cl)cc12)N1CC2C(C1)[C@@H]1CN(C(=O)c3ccc4n[nH]nc4c3)C[C@H]21.[HH].[HH]. The molecule has 0 spiro atoms. The molecule has 0 radical (unpaired) electrons. The van der Waals surface area contributed by atoms with Gasteiger partial charge in [0.25, 0.3) is 11.8 Å². The Morgan fingerprint density at radius 2 is 1.35 bits per heavy atom. The summed E-state index contributed by atoms with van der Waals surface area (Å²) in [5, 5.41) is 13.6. The van der Waals surface area contributed by atoms with E-state index < -0.39 is 0 Å². The number of halogens is 1. The van der Waals surface area contributed by atoms with Crippen LogP contribution in [0.5, 0.6) is 0 Å². The lowest BCUT2D eigenvalue weighted by Gasteiger charge is -2.42. The summed E-state index contributed by atoms with van der Waals surface area (Å²) in [6, 6.07) is 17.1. The fourth-order valence-corrected chi connectivity index (χ4v) is 7.23. The van der Waals surface area contributed by atoms with Gasteiger partial charge in [0.1, 0.15) is 11.0 Å². The van der Waals surface area contributed by atoms with Gasteiger partial charge in [-0.05, 0) is 72.2 Å². The largest absolute Gasteiger partial charge is 0.354 e. The number of hydrogen-bond donors (Lipinski definition) is 2. The van der Waals surface area contributed by atoms with Gasteiger partial charge in [0.05, 0.1) is 0 Å². The topological polar surface area (TPSA) is 98.0 Å². The summed E-state index contributed by atoms with van der Waals surface area (Å²) in [5.74, 6) is 1.98. The van der Waals surface area contributed by atoms with Crippen molar-refractivity contribution in [3.8, 4) is 0 Å². The molecule has 4 heterocycles. The molecule has 8 rings (SSSR count). The number of carbonyl (C=O) groups excluding carboxylic acids is 2. The molecule has 3 fully saturated rings. The summed E-state index contributed by atoms with van der Waals surface area (Å²) >= 11 is 6.19. The maximum absolute atomic E-state index is 13.5. The van der Waals surface area contributed by atoms with Crippen molar-refractivity contribution in [2.45, 2.75) is 0 Å². The first kappa shape index (κ1) is 21.2. The summed E-state index contributed by atoms with van der Waals surface area (Å²) in [7, 11) is 0. The minimum absolute atomic E-state index is 0. The molecule has 8 nitrogen and oxygen atoms in total. The Labute approximate surface area is 219 Å². The Morgan fingerprint density at radius 3 is 2.05 bits per heavy atom. The fourth-order valence-electron chi connectivity index (χ4n) is 7.05. The summed E-state index contributed by atoms with van der Waals surface area (Å²) in [4.78, 5) is 34.1. The highest BCUT2D eigenvalue weighted by Gasteiger charge is 2.59. The number of aromatic nitrogens is 4. The smallest absolute Gasteiger partial charge is 0.253 e. The van der Waals surface area contributed by atoms with E-state index in [1.54, 1.807) is 6.07 Å². The van der Waals surface area contributed by atoms with Crippen LogP contribution in [0.15, 0.2) is 54.6 Å². The fraction of sp³-hybridized carbons (Fsp3) is 0.286. The van der Waals surface area contributed by atoms with Gasteiger partial charge in [-0.3, -0.25) is 9.59 Å². The van der Waals surface area contributed by atoms with Crippen LogP contribution in [0.3, 0.4) is 0 Å². The number of aromatic amines is 2. The molecule has 1 aliphatic carbocycles. The standard InChI is InChI=1S/C28H23ClN6O2.2H2/c29-16-3-6-23-18(9-16)17-4-1-14(7-25(17)30-23)27(36)34-10-19-20(11-34)22-13-35(12-21(19)22)28(37)15-2-5-24-26(8-15)32-33-31-24;;/h1-9,19-22,30H,10-13H2,(H,31,32,33);2*1H/t19?,20?,21-,22+;;. The van der Waals surface area contributed by atoms with Gasteiger partial charge in [-0.2, -0.15) is 15.4 Å². The van der Waals surface area contributed by atoms with E-state index in [2.05, 4.69) is 20.4 Å². The number of rotatable bonds is 2. The van der Waals surface area contributed by atoms with E-state index in [0.29, 0.717) is 45.3 Å². The molecule has 2 unspecified atom stereocenters. The van der Waals surface area contributed by atoms with Crippen LogP contribution in [0, 0.1) is 23.7 Å². The molecule has 3 aliphatic rings. The molecule has 2 N–H and O–H groups in total. The van der Waals surface area contributed by atoms with E-state index >= 15 is 0 Å². The maximum Gasteiger partial charge on any atom is 0.253 e. The van der Waals surface area contributed by atoms with Crippen molar-refractivity contribution in [1.29, 1.82) is 0 Å². The Kier molecular flexibility index (Phi) is 4.33. The molecule has 1 saturated carbocycles. The van der Waals surface area contributed by atoms with Crippen molar-refractivity contribution in [3.63, 3.8) is 0 Å². The molecule has 3 aromatic carbocycles. The molecule has 2 amide bonds. The monoisotopic (exact) mass is 514 g/mol.